The summed E-state index contributed by atoms with van der Waals surface area (Å²) in [5.74, 6) is -1.86. The van der Waals surface area contributed by atoms with Crippen molar-refractivity contribution < 1.29 is 28.0 Å². The van der Waals surface area contributed by atoms with Gasteiger partial charge in [-0.2, -0.15) is 4.31 Å². The van der Waals surface area contributed by atoms with E-state index in [2.05, 4.69) is 4.84 Å². The topological polar surface area (TPSA) is 113 Å². The maximum atomic E-state index is 11.7. The predicted molar refractivity (Wildman–Crippen MR) is 60.9 cm³/mol. The normalized spacial score (nSPS) is 21.5. The number of aliphatic carboxylic acids is 1. The molecule has 1 atom stereocenters. The number of amides is 1. The molecule has 8 nitrogen and oxygen atoms in total. The third kappa shape index (κ3) is 4.24. The van der Waals surface area contributed by atoms with Crippen LogP contribution in [0.3, 0.4) is 0 Å². The Morgan fingerprint density at radius 1 is 1.44 bits per heavy atom. The van der Waals surface area contributed by atoms with Gasteiger partial charge in [0, 0.05) is 6.54 Å². The third-order valence-electron chi connectivity index (χ3n) is 2.55. The first-order valence-electron chi connectivity index (χ1n) is 5.42. The number of nitrogens with zero attached hydrogens (tertiary/aromatic N) is 1. The first kappa shape index (κ1) is 14.9. The van der Waals surface area contributed by atoms with Crippen LogP contribution < -0.4 is 5.48 Å². The SMILES string of the molecule is CS(=O)(=O)N1CCCCC1C(=O)NOCC(=O)O. The molecule has 0 aromatic heterocycles. The van der Waals surface area contributed by atoms with Crippen LogP contribution in [0.2, 0.25) is 0 Å². The average Bonchev–Trinajstić information content (AvgIpc) is 2.27. The van der Waals surface area contributed by atoms with Gasteiger partial charge in [-0.15, -0.1) is 0 Å². The highest BCUT2D eigenvalue weighted by Crippen LogP contribution is 2.19. The molecular weight excluding hydrogens is 264 g/mol. The molecule has 0 radical (unpaired) electrons. The van der Waals surface area contributed by atoms with E-state index in [0.717, 1.165) is 17.0 Å². The molecule has 1 heterocycles. The number of carboxylic acid groups (broad SMARTS) is 1. The Kier molecular flexibility index (Phi) is 5.05. The lowest BCUT2D eigenvalue weighted by Gasteiger charge is -2.32. The quantitative estimate of drug-likeness (QED) is 0.620. The van der Waals surface area contributed by atoms with Crippen molar-refractivity contribution in [3.63, 3.8) is 0 Å². The van der Waals surface area contributed by atoms with Gasteiger partial charge >= 0.3 is 5.97 Å². The highest BCUT2D eigenvalue weighted by Gasteiger charge is 2.34. The van der Waals surface area contributed by atoms with Gasteiger partial charge in [-0.05, 0) is 12.8 Å². The second-order valence-electron chi connectivity index (χ2n) is 4.03. The summed E-state index contributed by atoms with van der Waals surface area (Å²) >= 11 is 0. The van der Waals surface area contributed by atoms with Gasteiger partial charge < -0.3 is 5.11 Å². The first-order chi connectivity index (χ1) is 8.32. The first-order valence-corrected chi connectivity index (χ1v) is 7.27. The molecule has 1 aliphatic heterocycles. The third-order valence-corrected chi connectivity index (χ3v) is 3.84. The zero-order valence-corrected chi connectivity index (χ0v) is 10.8. The Labute approximate surface area is 105 Å². The van der Waals surface area contributed by atoms with Crippen molar-refractivity contribution >= 4 is 21.9 Å². The Bertz CT molecular complexity index is 421. The Morgan fingerprint density at radius 2 is 2.11 bits per heavy atom. The number of hydrogen-bond acceptors (Lipinski definition) is 5. The van der Waals surface area contributed by atoms with E-state index in [4.69, 9.17) is 5.11 Å². The van der Waals surface area contributed by atoms with Gasteiger partial charge in [0.2, 0.25) is 10.0 Å². The number of carboxylic acids is 1. The minimum Gasteiger partial charge on any atom is -0.479 e. The summed E-state index contributed by atoms with van der Waals surface area (Å²) in [6, 6.07) is -0.831. The lowest BCUT2D eigenvalue weighted by Crippen LogP contribution is -2.51. The van der Waals surface area contributed by atoms with Crippen LogP contribution in [0.4, 0.5) is 0 Å². The minimum atomic E-state index is -3.46. The number of hydroxylamine groups is 1. The van der Waals surface area contributed by atoms with Gasteiger partial charge in [0.25, 0.3) is 5.91 Å². The van der Waals surface area contributed by atoms with Gasteiger partial charge in [0.05, 0.1) is 6.26 Å². The molecule has 1 unspecified atom stereocenters. The fourth-order valence-corrected chi connectivity index (χ4v) is 2.93. The van der Waals surface area contributed by atoms with Crippen LogP contribution in [-0.2, 0) is 24.4 Å². The Hall–Kier alpha value is -1.19. The summed E-state index contributed by atoms with van der Waals surface area (Å²) in [6.07, 6.45) is 2.88. The lowest BCUT2D eigenvalue weighted by atomic mass is 10.0. The molecule has 9 heteroatoms. The number of carbonyl (C=O) groups excluding carboxylic acids is 1. The highest BCUT2D eigenvalue weighted by atomic mass is 32.2. The van der Waals surface area contributed by atoms with Crippen molar-refractivity contribution in [3.05, 3.63) is 0 Å². The van der Waals surface area contributed by atoms with Crippen LogP contribution in [0.5, 0.6) is 0 Å². The van der Waals surface area contributed by atoms with Crippen LogP contribution in [0.1, 0.15) is 19.3 Å². The second-order valence-corrected chi connectivity index (χ2v) is 5.97. The summed E-state index contributed by atoms with van der Waals surface area (Å²) in [4.78, 5) is 26.4. The van der Waals surface area contributed by atoms with E-state index >= 15 is 0 Å². The van der Waals surface area contributed by atoms with E-state index in [1.54, 1.807) is 0 Å². The van der Waals surface area contributed by atoms with Crippen molar-refractivity contribution in [2.24, 2.45) is 0 Å². The van der Waals surface area contributed by atoms with Gasteiger partial charge in [-0.25, -0.2) is 18.7 Å². The molecule has 1 fully saturated rings. The molecule has 0 aromatic carbocycles. The fraction of sp³-hybridized carbons (Fsp3) is 0.778. The minimum absolute atomic E-state index is 0.288. The van der Waals surface area contributed by atoms with Gasteiger partial charge in [0.1, 0.15) is 6.04 Å². The molecule has 0 spiro atoms. The Morgan fingerprint density at radius 3 is 2.67 bits per heavy atom. The molecule has 104 valence electrons. The number of carbonyl (C=O) groups is 2. The second kappa shape index (κ2) is 6.12. The van der Waals surface area contributed by atoms with Crippen LogP contribution in [-0.4, -0.2) is 55.2 Å². The lowest BCUT2D eigenvalue weighted by molar-refractivity contribution is -0.151. The maximum Gasteiger partial charge on any atom is 0.332 e. The molecule has 1 amide bonds. The number of piperidine rings is 1. The van der Waals surface area contributed by atoms with E-state index in [1.165, 1.54) is 0 Å². The molecule has 18 heavy (non-hydrogen) atoms. The zero-order valence-electron chi connectivity index (χ0n) is 9.96. The van der Waals surface area contributed by atoms with Gasteiger partial charge in [0.15, 0.2) is 6.61 Å². The van der Waals surface area contributed by atoms with Crippen molar-refractivity contribution in [2.45, 2.75) is 25.3 Å². The van der Waals surface area contributed by atoms with Crippen LogP contribution in [0.15, 0.2) is 0 Å². The summed E-state index contributed by atoms with van der Waals surface area (Å²) < 4.78 is 24.1. The van der Waals surface area contributed by atoms with Crippen LogP contribution in [0.25, 0.3) is 0 Å². The molecule has 0 aromatic rings. The largest absolute Gasteiger partial charge is 0.479 e. The molecule has 0 aliphatic carbocycles. The van der Waals surface area contributed by atoms with E-state index in [0.29, 0.717) is 12.8 Å². The van der Waals surface area contributed by atoms with Crippen molar-refractivity contribution in [2.75, 3.05) is 19.4 Å². The molecule has 0 bridgehead atoms. The molecule has 2 N–H and O–H groups in total. The Balaban J connectivity index is 2.61. The molecule has 1 aliphatic rings. The van der Waals surface area contributed by atoms with E-state index in [1.807, 2.05) is 5.48 Å². The standard InChI is InChI=1S/C9H16N2O6S/c1-18(15,16)11-5-3-2-4-7(11)9(14)10-17-6-8(12)13/h7H,2-6H2,1H3,(H,10,14)(H,12,13). The smallest absolute Gasteiger partial charge is 0.332 e. The number of hydrogen-bond donors (Lipinski definition) is 2. The summed E-state index contributed by atoms with van der Waals surface area (Å²) in [5, 5.41) is 8.34. The van der Waals surface area contributed by atoms with Crippen molar-refractivity contribution in [3.8, 4) is 0 Å². The van der Waals surface area contributed by atoms with E-state index in [9.17, 15) is 18.0 Å². The van der Waals surface area contributed by atoms with Crippen LogP contribution >= 0.6 is 0 Å². The van der Waals surface area contributed by atoms with E-state index < -0.39 is 34.5 Å². The summed E-state index contributed by atoms with van der Waals surface area (Å²) in [5.41, 5.74) is 1.96. The predicted octanol–water partition coefficient (Wildman–Crippen LogP) is -1.07. The van der Waals surface area contributed by atoms with Crippen molar-refractivity contribution in [1.29, 1.82) is 0 Å². The zero-order chi connectivity index (χ0) is 13.8. The monoisotopic (exact) mass is 280 g/mol. The van der Waals surface area contributed by atoms with Crippen molar-refractivity contribution in [1.82, 2.24) is 9.79 Å². The van der Waals surface area contributed by atoms with Gasteiger partial charge in [-0.3, -0.25) is 9.63 Å². The number of sulfonamides is 1. The maximum absolute atomic E-state index is 11.7. The fourth-order valence-electron chi connectivity index (χ4n) is 1.80. The highest BCUT2D eigenvalue weighted by molar-refractivity contribution is 7.88. The molecule has 0 saturated carbocycles. The summed E-state index contributed by atoms with van der Waals surface area (Å²) in [7, 11) is -3.46. The number of nitrogens with one attached hydrogen (secondary N) is 1. The number of rotatable bonds is 5. The van der Waals surface area contributed by atoms with Crippen LogP contribution in [0, 0.1) is 0 Å². The molecular formula is C9H16N2O6S. The van der Waals surface area contributed by atoms with Gasteiger partial charge in [-0.1, -0.05) is 6.42 Å². The van der Waals surface area contributed by atoms with E-state index in [-0.39, 0.29) is 6.54 Å². The molecule has 1 saturated heterocycles. The molecule has 1 rings (SSSR count). The summed E-state index contributed by atoms with van der Waals surface area (Å²) in [6.45, 7) is -0.382. The average molecular weight is 280 g/mol.